The molecule has 0 fully saturated rings. The number of hydrogen-bond acceptors (Lipinski definition) is 7. The highest BCUT2D eigenvalue weighted by Crippen LogP contribution is 2.48. The van der Waals surface area contributed by atoms with Gasteiger partial charge in [-0.25, -0.2) is 23.0 Å². The Hall–Kier alpha value is -3.99. The van der Waals surface area contributed by atoms with E-state index in [-0.39, 0.29) is 54.0 Å². The van der Waals surface area contributed by atoms with Crippen molar-refractivity contribution in [2.75, 3.05) is 24.7 Å². The maximum Gasteiger partial charge on any atom is 0.332 e. The van der Waals surface area contributed by atoms with E-state index in [0.29, 0.717) is 11.1 Å². The summed E-state index contributed by atoms with van der Waals surface area (Å²) < 4.78 is 56.6. The van der Waals surface area contributed by atoms with Gasteiger partial charge in [0.25, 0.3) is 5.91 Å². The van der Waals surface area contributed by atoms with Gasteiger partial charge in [-0.05, 0) is 44.2 Å². The molecule has 5 rings (SSSR count). The molecule has 0 saturated carbocycles. The molecule has 0 unspecified atom stereocenters. The van der Waals surface area contributed by atoms with E-state index in [4.69, 9.17) is 9.05 Å². The summed E-state index contributed by atoms with van der Waals surface area (Å²) in [5, 5.41) is 11.4. The molecule has 0 aliphatic rings. The number of halogens is 2. The first kappa shape index (κ1) is 26.6. The van der Waals surface area contributed by atoms with Crippen molar-refractivity contribution in [1.82, 2.24) is 24.4 Å². The van der Waals surface area contributed by atoms with Gasteiger partial charge in [-0.1, -0.05) is 18.2 Å². The zero-order valence-electron chi connectivity index (χ0n) is 21.2. The summed E-state index contributed by atoms with van der Waals surface area (Å²) in [5.41, 5.74) is 1.13. The highest BCUT2D eigenvalue weighted by atomic mass is 31.2. The molecule has 13 heteroatoms. The summed E-state index contributed by atoms with van der Waals surface area (Å²) in [7, 11) is -3.45. The minimum absolute atomic E-state index is 0.0228. The first-order valence-electron chi connectivity index (χ1n) is 12.3. The Morgan fingerprint density at radius 2 is 1.79 bits per heavy atom. The van der Waals surface area contributed by atoms with Crippen molar-refractivity contribution in [3.63, 3.8) is 0 Å². The molecule has 4 heterocycles. The van der Waals surface area contributed by atoms with Crippen LogP contribution in [0, 0.1) is 11.6 Å². The zero-order chi connectivity index (χ0) is 27.6. The number of aryl methyl sites for hydroxylation is 1. The van der Waals surface area contributed by atoms with Gasteiger partial charge in [-0.2, -0.15) is 10.2 Å². The van der Waals surface area contributed by atoms with Gasteiger partial charge in [-0.15, -0.1) is 0 Å². The maximum absolute atomic E-state index is 15.5. The number of fused-ring (bicyclic) bond motifs is 2. The molecule has 1 amide bonds. The highest BCUT2D eigenvalue weighted by Gasteiger charge is 2.26. The molecule has 5 aromatic rings. The number of carbonyl (C=O) groups is 1. The summed E-state index contributed by atoms with van der Waals surface area (Å²) in [6, 6.07) is 12.1. The third-order valence-electron chi connectivity index (χ3n) is 5.95. The van der Waals surface area contributed by atoms with E-state index in [9.17, 15) is 13.8 Å². The van der Waals surface area contributed by atoms with Crippen molar-refractivity contribution >= 4 is 35.9 Å². The van der Waals surface area contributed by atoms with Crippen LogP contribution in [0.3, 0.4) is 0 Å². The average molecular weight is 554 g/mol. The van der Waals surface area contributed by atoms with Crippen LogP contribution in [0.25, 0.3) is 27.8 Å². The number of pyridine rings is 2. The number of amides is 1. The van der Waals surface area contributed by atoms with E-state index in [2.05, 4.69) is 20.5 Å². The minimum Gasteiger partial charge on any atom is -0.309 e. The SMILES string of the molecule is CCOP(=O)(CCn1nc(NC(=O)c2ccccc2F)c2cc(F)c(-c3cnn4ccccc34)nc21)OCC. The fourth-order valence-electron chi connectivity index (χ4n) is 4.22. The van der Waals surface area contributed by atoms with Crippen LogP contribution in [-0.4, -0.2) is 49.7 Å². The molecule has 0 radical (unpaired) electrons. The predicted molar refractivity (Wildman–Crippen MR) is 142 cm³/mol. The normalized spacial score (nSPS) is 11.9. The van der Waals surface area contributed by atoms with Crippen LogP contribution in [0.1, 0.15) is 24.2 Å². The molecular weight excluding hydrogens is 529 g/mol. The van der Waals surface area contributed by atoms with Gasteiger partial charge in [0.2, 0.25) is 0 Å². The van der Waals surface area contributed by atoms with E-state index in [1.165, 1.54) is 35.1 Å². The Morgan fingerprint density at radius 3 is 2.54 bits per heavy atom. The second-order valence-corrected chi connectivity index (χ2v) is 10.6. The van der Waals surface area contributed by atoms with Gasteiger partial charge in [0, 0.05) is 11.8 Å². The van der Waals surface area contributed by atoms with Gasteiger partial charge in [-0.3, -0.25) is 9.36 Å². The largest absolute Gasteiger partial charge is 0.332 e. The molecule has 1 N–H and O–H groups in total. The van der Waals surface area contributed by atoms with Crippen molar-refractivity contribution < 1.29 is 27.2 Å². The number of rotatable bonds is 10. The molecule has 0 atom stereocenters. The van der Waals surface area contributed by atoms with Crippen LogP contribution in [0.2, 0.25) is 0 Å². The lowest BCUT2D eigenvalue weighted by atomic mass is 10.1. The van der Waals surface area contributed by atoms with E-state index in [1.54, 1.807) is 42.8 Å². The van der Waals surface area contributed by atoms with E-state index >= 15 is 4.39 Å². The molecule has 4 aromatic heterocycles. The lowest BCUT2D eigenvalue weighted by Gasteiger charge is -2.16. The summed E-state index contributed by atoms with van der Waals surface area (Å²) in [4.78, 5) is 17.4. The second-order valence-electron chi connectivity index (χ2n) is 8.45. The van der Waals surface area contributed by atoms with Crippen molar-refractivity contribution in [2.24, 2.45) is 0 Å². The van der Waals surface area contributed by atoms with Crippen LogP contribution in [0.15, 0.2) is 60.9 Å². The van der Waals surface area contributed by atoms with Gasteiger partial charge in [0.15, 0.2) is 17.3 Å². The summed E-state index contributed by atoms with van der Waals surface area (Å²) in [6.45, 7) is 3.80. The number of aromatic nitrogens is 5. The maximum atomic E-state index is 15.5. The van der Waals surface area contributed by atoms with E-state index in [1.807, 2.05) is 0 Å². The molecule has 0 bridgehead atoms. The topological polar surface area (TPSA) is 113 Å². The van der Waals surface area contributed by atoms with E-state index in [0.717, 1.165) is 6.07 Å². The number of anilines is 1. The minimum atomic E-state index is -3.45. The van der Waals surface area contributed by atoms with Crippen molar-refractivity contribution in [3.8, 4) is 11.3 Å². The third-order valence-corrected chi connectivity index (χ3v) is 8.00. The Bertz CT molecular complexity index is 1710. The van der Waals surface area contributed by atoms with Crippen LogP contribution in [0.4, 0.5) is 14.6 Å². The van der Waals surface area contributed by atoms with Crippen molar-refractivity contribution in [1.29, 1.82) is 0 Å². The molecule has 10 nitrogen and oxygen atoms in total. The van der Waals surface area contributed by atoms with Crippen LogP contribution in [-0.2, 0) is 20.2 Å². The van der Waals surface area contributed by atoms with Crippen molar-refractivity contribution in [3.05, 3.63) is 78.1 Å². The van der Waals surface area contributed by atoms with Gasteiger partial charge < -0.3 is 14.4 Å². The van der Waals surface area contributed by atoms with Gasteiger partial charge in [0.05, 0.1) is 48.6 Å². The van der Waals surface area contributed by atoms with Crippen molar-refractivity contribution in [2.45, 2.75) is 20.4 Å². The standard InChI is InChI=1S/C26H25F2N6O4P/c1-3-37-39(36,38-4-2)14-13-34-25-18(24(32-34)31-26(35)17-9-5-6-10-20(17)27)15-21(28)23(30-25)19-16-29-33-12-8-7-11-22(19)33/h5-12,15-16H,3-4,13-14H2,1-2H3,(H,31,32,35). The van der Waals surface area contributed by atoms with E-state index < -0.39 is 25.1 Å². The number of nitrogens with zero attached hydrogens (tertiary/aromatic N) is 5. The molecule has 1 aromatic carbocycles. The Kier molecular flexibility index (Phi) is 7.51. The fourth-order valence-corrected chi connectivity index (χ4v) is 5.78. The molecule has 0 saturated heterocycles. The molecule has 39 heavy (non-hydrogen) atoms. The quantitative estimate of drug-likeness (QED) is 0.226. The molecule has 0 aliphatic heterocycles. The Labute approximate surface area is 222 Å². The number of carbonyl (C=O) groups excluding carboxylic acids is 1. The monoisotopic (exact) mass is 554 g/mol. The lowest BCUT2D eigenvalue weighted by molar-refractivity contribution is 0.102. The molecule has 0 aliphatic carbocycles. The molecular formula is C26H25F2N6O4P. The van der Waals surface area contributed by atoms with Crippen LogP contribution < -0.4 is 5.32 Å². The highest BCUT2D eigenvalue weighted by molar-refractivity contribution is 7.53. The number of benzene rings is 1. The predicted octanol–water partition coefficient (Wildman–Crippen LogP) is 5.54. The lowest BCUT2D eigenvalue weighted by Crippen LogP contribution is -2.15. The summed E-state index contributed by atoms with van der Waals surface area (Å²) in [6.07, 6.45) is 3.19. The molecule has 202 valence electrons. The zero-order valence-corrected chi connectivity index (χ0v) is 22.1. The number of hydrogen-bond donors (Lipinski definition) is 1. The Balaban J connectivity index is 1.60. The van der Waals surface area contributed by atoms with Crippen LogP contribution in [0.5, 0.6) is 0 Å². The smallest absolute Gasteiger partial charge is 0.309 e. The first-order valence-corrected chi connectivity index (χ1v) is 14.0. The first-order chi connectivity index (χ1) is 18.8. The van der Waals surface area contributed by atoms with Gasteiger partial charge >= 0.3 is 7.60 Å². The molecule has 0 spiro atoms. The number of nitrogens with one attached hydrogen (secondary N) is 1. The van der Waals surface area contributed by atoms with Crippen LogP contribution >= 0.6 is 7.60 Å². The third kappa shape index (κ3) is 5.31. The summed E-state index contributed by atoms with van der Waals surface area (Å²) in [5.74, 6) is -2.18. The fraction of sp³-hybridized carbons (Fsp3) is 0.231. The Morgan fingerprint density at radius 1 is 1.05 bits per heavy atom. The second kappa shape index (κ2) is 11.0. The average Bonchev–Trinajstić information content (AvgIpc) is 3.49. The van der Waals surface area contributed by atoms with Gasteiger partial charge in [0.1, 0.15) is 11.5 Å². The summed E-state index contributed by atoms with van der Waals surface area (Å²) >= 11 is 0.